The van der Waals surface area contributed by atoms with Gasteiger partial charge in [0.1, 0.15) is 6.17 Å². The van der Waals surface area contributed by atoms with Gasteiger partial charge in [0.2, 0.25) is 3.79 Å². The number of nitrogens with one attached hydrogen (secondary N) is 3. The highest BCUT2D eigenvalue weighted by atomic mass is 35.6. The summed E-state index contributed by atoms with van der Waals surface area (Å²) in [5.41, 5.74) is 3.36. The highest BCUT2D eigenvalue weighted by molar-refractivity contribution is 7.80. The van der Waals surface area contributed by atoms with Crippen molar-refractivity contribution in [1.82, 2.24) is 10.6 Å². The minimum Gasteiger partial charge on any atom is -0.339 e. The van der Waals surface area contributed by atoms with E-state index < -0.39 is 9.96 Å². The summed E-state index contributed by atoms with van der Waals surface area (Å²) in [7, 11) is 0. The number of rotatable bonds is 4. The Balaban J connectivity index is 2.06. The molecule has 0 aliphatic rings. The Morgan fingerprint density at radius 1 is 1.00 bits per heavy atom. The van der Waals surface area contributed by atoms with E-state index >= 15 is 0 Å². The van der Waals surface area contributed by atoms with Gasteiger partial charge in [0.05, 0.1) is 0 Å². The van der Waals surface area contributed by atoms with E-state index in [9.17, 15) is 4.79 Å². The van der Waals surface area contributed by atoms with Crippen LogP contribution < -0.4 is 16.0 Å². The predicted octanol–water partition coefficient (Wildman–Crippen LogP) is 4.72. The van der Waals surface area contributed by atoms with Gasteiger partial charge < -0.3 is 16.0 Å². The highest BCUT2D eigenvalue weighted by Crippen LogP contribution is 2.29. The molecule has 0 radical (unpaired) electrons. The molecule has 2 aromatic carbocycles. The molecular formula is C18H18Cl3N3OS. The molecule has 0 saturated heterocycles. The largest absolute Gasteiger partial charge is 0.339 e. The van der Waals surface area contributed by atoms with E-state index in [1.54, 1.807) is 12.1 Å². The third-order valence-corrected chi connectivity index (χ3v) is 4.34. The van der Waals surface area contributed by atoms with Crippen LogP contribution in [0, 0.1) is 13.8 Å². The number of anilines is 1. The minimum atomic E-state index is -1.81. The molecule has 0 aromatic heterocycles. The van der Waals surface area contributed by atoms with Gasteiger partial charge in [-0.25, -0.2) is 0 Å². The van der Waals surface area contributed by atoms with Gasteiger partial charge in [-0.05, 0) is 55.9 Å². The van der Waals surface area contributed by atoms with Crippen LogP contribution in [0.4, 0.5) is 5.69 Å². The lowest BCUT2D eigenvalue weighted by atomic mass is 10.1. The lowest BCUT2D eigenvalue weighted by molar-refractivity contribution is 0.0934. The fraction of sp³-hybridized carbons (Fsp3) is 0.222. The van der Waals surface area contributed by atoms with Crippen molar-refractivity contribution < 1.29 is 4.79 Å². The number of amides is 1. The molecule has 2 aromatic rings. The molecule has 2 rings (SSSR count). The number of halogens is 3. The zero-order chi connectivity index (χ0) is 19.3. The zero-order valence-electron chi connectivity index (χ0n) is 14.1. The lowest BCUT2D eigenvalue weighted by Gasteiger charge is -2.27. The first-order chi connectivity index (χ1) is 12.1. The number of hydrogen-bond acceptors (Lipinski definition) is 2. The van der Waals surface area contributed by atoms with Crippen LogP contribution in [-0.4, -0.2) is 21.0 Å². The van der Waals surface area contributed by atoms with Gasteiger partial charge >= 0.3 is 0 Å². The molecule has 4 nitrogen and oxygen atoms in total. The smallest absolute Gasteiger partial charge is 0.252 e. The third kappa shape index (κ3) is 6.32. The van der Waals surface area contributed by atoms with Crippen LogP contribution in [0.1, 0.15) is 21.5 Å². The standard InChI is InChI=1S/C18H18Cl3N3OS/c1-11-6-8-13(9-7-11)15(25)23-16(18(19,20)21)24-17(26)22-14-5-3-4-12(2)10-14/h3-10,16H,1-2H3,(H,23,25)(H2,22,24,26)/t16-/m1/s1. The second-order valence-corrected chi connectivity index (χ2v) is 8.56. The maximum Gasteiger partial charge on any atom is 0.252 e. The van der Waals surface area contributed by atoms with Gasteiger partial charge in [-0.3, -0.25) is 4.79 Å². The Labute approximate surface area is 173 Å². The van der Waals surface area contributed by atoms with Gasteiger partial charge in [-0.1, -0.05) is 64.6 Å². The quantitative estimate of drug-likeness (QED) is 0.373. The molecule has 0 aliphatic heterocycles. The van der Waals surface area contributed by atoms with Crippen molar-refractivity contribution in [3.05, 3.63) is 65.2 Å². The normalized spacial score (nSPS) is 12.2. The Bertz CT molecular complexity index is 791. The van der Waals surface area contributed by atoms with Crippen molar-refractivity contribution in [3.63, 3.8) is 0 Å². The third-order valence-electron chi connectivity index (χ3n) is 3.47. The van der Waals surface area contributed by atoms with Crippen LogP contribution in [0.15, 0.2) is 48.5 Å². The molecule has 1 atom stereocenters. The number of carbonyl (C=O) groups excluding carboxylic acids is 1. The number of carbonyl (C=O) groups is 1. The SMILES string of the molecule is Cc1ccc(C(=O)N[C@H](NC(=S)Nc2cccc(C)c2)C(Cl)(Cl)Cl)cc1. The molecule has 0 spiro atoms. The van der Waals surface area contributed by atoms with Crippen molar-refractivity contribution in [3.8, 4) is 0 Å². The van der Waals surface area contributed by atoms with Gasteiger partial charge in [-0.15, -0.1) is 0 Å². The summed E-state index contributed by atoms with van der Waals surface area (Å²) >= 11 is 23.2. The Morgan fingerprint density at radius 2 is 1.65 bits per heavy atom. The molecule has 0 saturated carbocycles. The first kappa shape index (κ1) is 20.8. The van der Waals surface area contributed by atoms with Crippen LogP contribution in [0.3, 0.4) is 0 Å². The maximum absolute atomic E-state index is 12.4. The summed E-state index contributed by atoms with van der Waals surface area (Å²) in [6, 6.07) is 14.7. The van der Waals surface area contributed by atoms with E-state index in [4.69, 9.17) is 47.0 Å². The second kappa shape index (κ2) is 8.91. The summed E-state index contributed by atoms with van der Waals surface area (Å²) in [6.07, 6.45) is -1.02. The summed E-state index contributed by atoms with van der Waals surface area (Å²) in [6.45, 7) is 3.90. The van der Waals surface area contributed by atoms with E-state index in [0.29, 0.717) is 5.56 Å². The molecule has 26 heavy (non-hydrogen) atoms. The van der Waals surface area contributed by atoms with Gasteiger partial charge in [0, 0.05) is 11.3 Å². The predicted molar refractivity (Wildman–Crippen MR) is 113 cm³/mol. The first-order valence-electron chi connectivity index (χ1n) is 7.73. The van der Waals surface area contributed by atoms with Gasteiger partial charge in [0.15, 0.2) is 5.11 Å². The average molecular weight is 431 g/mol. The van der Waals surface area contributed by atoms with Crippen molar-refractivity contribution in [1.29, 1.82) is 0 Å². The topological polar surface area (TPSA) is 53.2 Å². The number of benzene rings is 2. The van der Waals surface area contributed by atoms with Crippen LogP contribution in [0.25, 0.3) is 0 Å². The van der Waals surface area contributed by atoms with E-state index in [1.165, 1.54) is 0 Å². The fourth-order valence-corrected chi connectivity index (χ4v) is 2.70. The van der Waals surface area contributed by atoms with E-state index in [0.717, 1.165) is 16.8 Å². The number of hydrogen-bond donors (Lipinski definition) is 3. The van der Waals surface area contributed by atoms with E-state index in [-0.39, 0.29) is 11.0 Å². The minimum absolute atomic E-state index is 0.219. The molecule has 0 fully saturated rings. The van der Waals surface area contributed by atoms with Crippen LogP contribution in [-0.2, 0) is 0 Å². The Hall–Kier alpha value is -1.53. The van der Waals surface area contributed by atoms with E-state index in [2.05, 4.69) is 16.0 Å². The first-order valence-corrected chi connectivity index (χ1v) is 9.28. The summed E-state index contributed by atoms with van der Waals surface area (Å²) in [4.78, 5) is 12.4. The molecule has 1 amide bonds. The maximum atomic E-state index is 12.4. The van der Waals surface area contributed by atoms with Crippen LogP contribution >= 0.6 is 47.0 Å². The van der Waals surface area contributed by atoms with E-state index in [1.807, 2.05) is 50.2 Å². The highest BCUT2D eigenvalue weighted by Gasteiger charge is 2.34. The number of alkyl halides is 3. The average Bonchev–Trinajstić information content (AvgIpc) is 2.53. The Morgan fingerprint density at radius 3 is 2.23 bits per heavy atom. The van der Waals surface area contributed by atoms with Crippen molar-refractivity contribution in [2.75, 3.05) is 5.32 Å². The number of thiocarbonyl (C=S) groups is 1. The molecule has 0 unspecified atom stereocenters. The molecule has 0 heterocycles. The van der Waals surface area contributed by atoms with Crippen molar-refractivity contribution in [2.24, 2.45) is 0 Å². The van der Waals surface area contributed by atoms with Crippen molar-refractivity contribution in [2.45, 2.75) is 23.8 Å². The molecule has 3 N–H and O–H groups in total. The van der Waals surface area contributed by atoms with Crippen LogP contribution in [0.2, 0.25) is 0 Å². The molecule has 138 valence electrons. The zero-order valence-corrected chi connectivity index (χ0v) is 17.2. The summed E-state index contributed by atoms with van der Waals surface area (Å²) in [5.74, 6) is -0.382. The summed E-state index contributed by atoms with van der Waals surface area (Å²) < 4.78 is -1.81. The van der Waals surface area contributed by atoms with Gasteiger partial charge in [0.25, 0.3) is 5.91 Å². The molecular weight excluding hydrogens is 413 g/mol. The molecule has 0 bridgehead atoms. The van der Waals surface area contributed by atoms with Gasteiger partial charge in [-0.2, -0.15) is 0 Å². The molecule has 0 aliphatic carbocycles. The fourth-order valence-electron chi connectivity index (χ4n) is 2.14. The Kier molecular flexibility index (Phi) is 7.12. The number of aryl methyl sites for hydroxylation is 2. The summed E-state index contributed by atoms with van der Waals surface area (Å²) in [5, 5.41) is 8.69. The lowest BCUT2D eigenvalue weighted by Crippen LogP contribution is -2.56. The van der Waals surface area contributed by atoms with Crippen molar-refractivity contribution >= 4 is 63.7 Å². The second-order valence-electron chi connectivity index (χ2n) is 5.78. The van der Waals surface area contributed by atoms with Crippen LogP contribution in [0.5, 0.6) is 0 Å². The monoisotopic (exact) mass is 429 g/mol. The molecule has 8 heteroatoms.